The molecule has 0 radical (unpaired) electrons. The Morgan fingerprint density at radius 3 is 2.65 bits per heavy atom. The molecule has 0 aliphatic carbocycles. The molecular formula is C19H23N5OS. The van der Waals surface area contributed by atoms with Gasteiger partial charge in [0.2, 0.25) is 0 Å². The summed E-state index contributed by atoms with van der Waals surface area (Å²) in [6, 6.07) is 6.39. The average Bonchev–Trinajstić information content (AvgIpc) is 3.23. The van der Waals surface area contributed by atoms with Gasteiger partial charge in [0.15, 0.2) is 10.8 Å². The maximum atomic E-state index is 12.7. The first-order chi connectivity index (χ1) is 12.6. The summed E-state index contributed by atoms with van der Waals surface area (Å²) in [4.78, 5) is 21.8. The van der Waals surface area contributed by atoms with E-state index in [1.165, 1.54) is 10.3 Å². The van der Waals surface area contributed by atoms with Gasteiger partial charge in [-0.1, -0.05) is 30.4 Å². The monoisotopic (exact) mass is 369 g/mol. The number of para-hydroxylation sites is 1. The first-order valence-electron chi connectivity index (χ1n) is 8.99. The van der Waals surface area contributed by atoms with E-state index in [0.29, 0.717) is 18.8 Å². The zero-order chi connectivity index (χ0) is 18.3. The second-order valence-electron chi connectivity index (χ2n) is 6.73. The largest absolute Gasteiger partial charge is 0.345 e. The van der Waals surface area contributed by atoms with Crippen molar-refractivity contribution >= 4 is 32.6 Å². The Bertz CT molecular complexity index is 952. The third-order valence-corrected chi connectivity index (χ3v) is 6.01. The summed E-state index contributed by atoms with van der Waals surface area (Å²) in [6.45, 7) is 7.11. The van der Waals surface area contributed by atoms with Crippen LogP contribution in [0.25, 0.3) is 10.2 Å². The van der Waals surface area contributed by atoms with Gasteiger partial charge in [-0.05, 0) is 25.0 Å². The summed E-state index contributed by atoms with van der Waals surface area (Å²) >= 11 is 1.74. The molecular weight excluding hydrogens is 346 g/mol. The van der Waals surface area contributed by atoms with Gasteiger partial charge in [-0.2, -0.15) is 5.10 Å². The summed E-state index contributed by atoms with van der Waals surface area (Å²) in [6.07, 6.45) is 2.88. The topological polar surface area (TPSA) is 54.3 Å². The highest BCUT2D eigenvalue weighted by Gasteiger charge is 2.26. The van der Waals surface area contributed by atoms with Crippen molar-refractivity contribution in [2.24, 2.45) is 7.05 Å². The first kappa shape index (κ1) is 17.0. The molecule has 0 unspecified atom stereocenters. The SMILES string of the molecule is CCc1cccc2sc(N3CCN(C(=O)c4nn(C)cc4C)CC3)nc12. The van der Waals surface area contributed by atoms with Gasteiger partial charge in [-0.15, -0.1) is 0 Å². The van der Waals surface area contributed by atoms with Crippen molar-refractivity contribution in [2.45, 2.75) is 20.3 Å². The fourth-order valence-corrected chi connectivity index (χ4v) is 4.55. The zero-order valence-corrected chi connectivity index (χ0v) is 16.2. The predicted octanol–water partition coefficient (Wildman–Crippen LogP) is 2.86. The molecule has 1 aromatic carbocycles. The van der Waals surface area contributed by atoms with Crippen molar-refractivity contribution in [3.63, 3.8) is 0 Å². The third kappa shape index (κ3) is 2.96. The second kappa shape index (κ2) is 6.72. The zero-order valence-electron chi connectivity index (χ0n) is 15.4. The molecule has 1 aliphatic heterocycles. The van der Waals surface area contributed by atoms with Crippen molar-refractivity contribution < 1.29 is 4.79 Å². The number of carbonyl (C=O) groups is 1. The number of benzene rings is 1. The Kier molecular flexibility index (Phi) is 4.40. The molecule has 0 spiro atoms. The summed E-state index contributed by atoms with van der Waals surface area (Å²) in [5.41, 5.74) is 3.91. The lowest BCUT2D eigenvalue weighted by Gasteiger charge is -2.34. The van der Waals surface area contributed by atoms with Crippen molar-refractivity contribution in [2.75, 3.05) is 31.1 Å². The Morgan fingerprint density at radius 1 is 1.23 bits per heavy atom. The number of aryl methyl sites for hydroxylation is 3. The lowest BCUT2D eigenvalue weighted by Crippen LogP contribution is -2.49. The number of fused-ring (bicyclic) bond motifs is 1. The fraction of sp³-hybridized carbons (Fsp3) is 0.421. The van der Waals surface area contributed by atoms with Crippen molar-refractivity contribution in [3.05, 3.63) is 41.2 Å². The summed E-state index contributed by atoms with van der Waals surface area (Å²) < 4.78 is 2.94. The van der Waals surface area contributed by atoms with Crippen LogP contribution in [0.15, 0.2) is 24.4 Å². The number of rotatable bonds is 3. The molecule has 1 fully saturated rings. The molecule has 1 saturated heterocycles. The van der Waals surface area contributed by atoms with Crippen molar-refractivity contribution in [1.82, 2.24) is 19.7 Å². The van der Waals surface area contributed by atoms with E-state index in [9.17, 15) is 4.79 Å². The van der Waals surface area contributed by atoms with Crippen LogP contribution in [0.5, 0.6) is 0 Å². The van der Waals surface area contributed by atoms with Gasteiger partial charge in [-0.3, -0.25) is 9.48 Å². The van der Waals surface area contributed by atoms with Gasteiger partial charge in [0.25, 0.3) is 5.91 Å². The van der Waals surface area contributed by atoms with Crippen LogP contribution in [0.3, 0.4) is 0 Å². The minimum atomic E-state index is 0.0281. The molecule has 7 heteroatoms. The molecule has 3 heterocycles. The molecule has 0 saturated carbocycles. The van der Waals surface area contributed by atoms with Gasteiger partial charge in [0.05, 0.1) is 10.2 Å². The van der Waals surface area contributed by atoms with Crippen LogP contribution in [-0.2, 0) is 13.5 Å². The molecule has 2 aromatic heterocycles. The lowest BCUT2D eigenvalue weighted by atomic mass is 10.1. The van der Waals surface area contributed by atoms with E-state index in [1.54, 1.807) is 16.0 Å². The van der Waals surface area contributed by atoms with E-state index in [4.69, 9.17) is 4.98 Å². The highest BCUT2D eigenvalue weighted by atomic mass is 32.1. The Balaban J connectivity index is 1.48. The van der Waals surface area contributed by atoms with Crippen molar-refractivity contribution in [1.29, 1.82) is 0 Å². The lowest BCUT2D eigenvalue weighted by molar-refractivity contribution is 0.0739. The molecule has 4 rings (SSSR count). The van der Waals surface area contributed by atoms with Gasteiger partial charge < -0.3 is 9.80 Å². The van der Waals surface area contributed by atoms with Gasteiger partial charge in [0, 0.05) is 45.0 Å². The van der Waals surface area contributed by atoms with Gasteiger partial charge >= 0.3 is 0 Å². The van der Waals surface area contributed by atoms with Crippen LogP contribution in [-0.4, -0.2) is 51.8 Å². The number of piperazine rings is 1. The van der Waals surface area contributed by atoms with E-state index < -0.39 is 0 Å². The van der Waals surface area contributed by atoms with Crippen LogP contribution in [0.1, 0.15) is 28.5 Å². The minimum Gasteiger partial charge on any atom is -0.345 e. The number of hydrogen-bond donors (Lipinski definition) is 0. The van der Waals surface area contributed by atoms with E-state index in [-0.39, 0.29) is 5.91 Å². The quantitative estimate of drug-likeness (QED) is 0.712. The third-order valence-electron chi connectivity index (χ3n) is 4.92. The Morgan fingerprint density at radius 2 is 2.00 bits per heavy atom. The van der Waals surface area contributed by atoms with E-state index >= 15 is 0 Å². The van der Waals surface area contributed by atoms with Crippen molar-refractivity contribution in [3.8, 4) is 0 Å². The summed E-state index contributed by atoms with van der Waals surface area (Å²) in [5, 5.41) is 5.37. The summed E-state index contributed by atoms with van der Waals surface area (Å²) in [7, 11) is 1.85. The van der Waals surface area contributed by atoms with E-state index in [2.05, 4.69) is 35.1 Å². The van der Waals surface area contributed by atoms with Gasteiger partial charge in [-0.25, -0.2) is 4.98 Å². The molecule has 3 aromatic rings. The van der Waals surface area contributed by atoms with E-state index in [1.807, 2.05) is 25.1 Å². The molecule has 0 bridgehead atoms. The Labute approximate surface area is 157 Å². The number of nitrogens with zero attached hydrogens (tertiary/aromatic N) is 5. The maximum Gasteiger partial charge on any atom is 0.274 e. The van der Waals surface area contributed by atoms with Crippen LogP contribution in [0.2, 0.25) is 0 Å². The normalized spacial score (nSPS) is 15.0. The molecule has 136 valence electrons. The number of amides is 1. The number of carbonyl (C=O) groups excluding carboxylic acids is 1. The molecule has 26 heavy (non-hydrogen) atoms. The number of hydrogen-bond acceptors (Lipinski definition) is 5. The number of anilines is 1. The molecule has 0 atom stereocenters. The molecule has 6 nitrogen and oxygen atoms in total. The molecule has 0 N–H and O–H groups in total. The number of aromatic nitrogens is 3. The molecule has 1 aliphatic rings. The fourth-order valence-electron chi connectivity index (χ4n) is 3.48. The van der Waals surface area contributed by atoms with E-state index in [0.717, 1.165) is 35.7 Å². The van der Waals surface area contributed by atoms with Crippen LogP contribution in [0.4, 0.5) is 5.13 Å². The Hall–Kier alpha value is -2.41. The average molecular weight is 369 g/mol. The van der Waals surface area contributed by atoms with Crippen LogP contribution < -0.4 is 4.90 Å². The molecule has 1 amide bonds. The highest BCUT2D eigenvalue weighted by molar-refractivity contribution is 7.22. The predicted molar refractivity (Wildman–Crippen MR) is 105 cm³/mol. The number of thiazole rings is 1. The smallest absolute Gasteiger partial charge is 0.274 e. The van der Waals surface area contributed by atoms with Gasteiger partial charge in [0.1, 0.15) is 0 Å². The standard InChI is InChI=1S/C19H23N5OS/c1-4-14-6-5-7-15-17(14)20-19(26-15)24-10-8-23(9-11-24)18(25)16-13(2)12-22(3)21-16/h5-7,12H,4,8-11H2,1-3H3. The second-order valence-corrected chi connectivity index (χ2v) is 7.74. The minimum absolute atomic E-state index is 0.0281. The maximum absolute atomic E-state index is 12.7. The van der Waals surface area contributed by atoms with Crippen LogP contribution in [0, 0.1) is 6.92 Å². The van der Waals surface area contributed by atoms with Crippen LogP contribution >= 0.6 is 11.3 Å². The highest BCUT2D eigenvalue weighted by Crippen LogP contribution is 2.31. The first-order valence-corrected chi connectivity index (χ1v) is 9.81. The summed E-state index contributed by atoms with van der Waals surface area (Å²) in [5.74, 6) is 0.0281.